The number of fused-ring (bicyclic) bond motifs is 1. The van der Waals surface area contributed by atoms with E-state index in [1.165, 1.54) is 15.3 Å². The van der Waals surface area contributed by atoms with E-state index >= 15 is 0 Å². The van der Waals surface area contributed by atoms with Gasteiger partial charge < -0.3 is 5.32 Å². The Morgan fingerprint density at radius 2 is 2.32 bits per heavy atom. The fourth-order valence-corrected chi connectivity index (χ4v) is 4.26. The molecule has 0 fully saturated rings. The van der Waals surface area contributed by atoms with Crippen LogP contribution in [0.2, 0.25) is 0 Å². The van der Waals surface area contributed by atoms with Gasteiger partial charge in [0.25, 0.3) is 0 Å². The van der Waals surface area contributed by atoms with E-state index in [-0.39, 0.29) is 0 Å². The van der Waals surface area contributed by atoms with Gasteiger partial charge in [0.15, 0.2) is 0 Å². The van der Waals surface area contributed by atoms with Crippen molar-refractivity contribution >= 4 is 38.6 Å². The third-order valence-electron chi connectivity index (χ3n) is 3.53. The molecule has 22 heavy (non-hydrogen) atoms. The van der Waals surface area contributed by atoms with E-state index in [9.17, 15) is 0 Å². The van der Waals surface area contributed by atoms with Crippen LogP contribution in [0.3, 0.4) is 0 Å². The van der Waals surface area contributed by atoms with Crippen molar-refractivity contribution in [2.45, 2.75) is 32.7 Å². The van der Waals surface area contributed by atoms with E-state index in [4.69, 9.17) is 5.26 Å². The summed E-state index contributed by atoms with van der Waals surface area (Å²) in [5.41, 5.74) is 3.22. The second kappa shape index (κ2) is 6.86. The molecule has 112 valence electrons. The molecule has 0 bridgehead atoms. The van der Waals surface area contributed by atoms with Crippen molar-refractivity contribution in [2.24, 2.45) is 0 Å². The number of anilines is 1. The number of nitriles is 1. The number of aromatic nitrogens is 2. The molecule has 0 radical (unpaired) electrons. The lowest BCUT2D eigenvalue weighted by Gasteiger charge is -2.04. The van der Waals surface area contributed by atoms with Crippen molar-refractivity contribution in [2.75, 3.05) is 5.32 Å². The van der Waals surface area contributed by atoms with Gasteiger partial charge in [0, 0.05) is 22.7 Å². The number of thiophene rings is 2. The van der Waals surface area contributed by atoms with E-state index in [0.29, 0.717) is 6.42 Å². The molecule has 0 spiro atoms. The molecule has 0 atom stereocenters. The van der Waals surface area contributed by atoms with Gasteiger partial charge in [0.05, 0.1) is 22.7 Å². The van der Waals surface area contributed by atoms with Crippen LogP contribution in [0.5, 0.6) is 0 Å². The van der Waals surface area contributed by atoms with Crippen LogP contribution in [0.4, 0.5) is 5.69 Å². The van der Waals surface area contributed by atoms with Crippen LogP contribution in [0.25, 0.3) is 10.2 Å². The summed E-state index contributed by atoms with van der Waals surface area (Å²) in [6.07, 6.45) is 4.23. The molecule has 0 aliphatic rings. The number of hydrogen-bond donors (Lipinski definition) is 1. The summed E-state index contributed by atoms with van der Waals surface area (Å²) < 4.78 is 1.16. The van der Waals surface area contributed by atoms with E-state index in [1.54, 1.807) is 28.9 Å². The normalized spacial score (nSPS) is 10.7. The van der Waals surface area contributed by atoms with Crippen molar-refractivity contribution in [3.63, 3.8) is 0 Å². The minimum Gasteiger partial charge on any atom is -0.378 e. The highest BCUT2D eigenvalue weighted by atomic mass is 32.1. The third-order valence-corrected chi connectivity index (χ3v) is 5.78. The number of rotatable bonds is 6. The molecule has 0 aliphatic heterocycles. The molecule has 0 unspecified atom stereocenters. The van der Waals surface area contributed by atoms with Gasteiger partial charge in [-0.05, 0) is 36.8 Å². The smallest absolute Gasteiger partial charge is 0.109 e. The Labute approximate surface area is 137 Å². The molecule has 3 heterocycles. The van der Waals surface area contributed by atoms with Crippen LogP contribution in [-0.2, 0) is 13.0 Å². The van der Waals surface area contributed by atoms with Gasteiger partial charge in [-0.15, -0.1) is 27.8 Å². The van der Waals surface area contributed by atoms with Gasteiger partial charge in [-0.2, -0.15) is 10.4 Å². The Kier molecular flexibility index (Phi) is 4.66. The van der Waals surface area contributed by atoms with Crippen molar-refractivity contribution in [3.8, 4) is 6.07 Å². The molecule has 3 aromatic heterocycles. The molecule has 0 aromatic carbocycles. The first-order chi connectivity index (χ1) is 10.8. The highest BCUT2D eigenvalue weighted by Crippen LogP contribution is 2.35. The number of nitrogens with zero attached hydrogens (tertiary/aromatic N) is 3. The van der Waals surface area contributed by atoms with Gasteiger partial charge in [-0.3, -0.25) is 0 Å². The van der Waals surface area contributed by atoms with Gasteiger partial charge in [0.2, 0.25) is 0 Å². The molecule has 0 aliphatic carbocycles. The van der Waals surface area contributed by atoms with Crippen LogP contribution in [-0.4, -0.2) is 10.2 Å². The number of nitrogens with one attached hydrogen (secondary N) is 1. The summed E-state index contributed by atoms with van der Waals surface area (Å²) in [5, 5.41) is 22.6. The molecule has 3 rings (SSSR count). The van der Waals surface area contributed by atoms with Crippen molar-refractivity contribution in [3.05, 3.63) is 39.0 Å². The van der Waals surface area contributed by atoms with Crippen LogP contribution in [0, 0.1) is 18.3 Å². The molecule has 3 aromatic rings. The quantitative estimate of drug-likeness (QED) is 0.676. The average Bonchev–Trinajstić information content (AvgIpc) is 3.15. The van der Waals surface area contributed by atoms with Crippen molar-refractivity contribution in [1.29, 1.82) is 5.26 Å². The zero-order valence-electron chi connectivity index (χ0n) is 12.3. The molecule has 0 amide bonds. The van der Waals surface area contributed by atoms with Gasteiger partial charge in [-0.1, -0.05) is 6.07 Å². The third kappa shape index (κ3) is 3.11. The summed E-state index contributed by atoms with van der Waals surface area (Å²) in [4.78, 5) is 2.61. The molecular formula is C16H16N4S2. The molecular weight excluding hydrogens is 312 g/mol. The zero-order valence-corrected chi connectivity index (χ0v) is 13.9. The monoisotopic (exact) mass is 328 g/mol. The minimum absolute atomic E-state index is 0.600. The highest BCUT2D eigenvalue weighted by Gasteiger charge is 2.13. The molecule has 4 nitrogen and oxygen atoms in total. The minimum atomic E-state index is 0.600. The largest absolute Gasteiger partial charge is 0.378 e. The Morgan fingerprint density at radius 3 is 3.09 bits per heavy atom. The molecule has 0 saturated carbocycles. The van der Waals surface area contributed by atoms with Gasteiger partial charge in [0.1, 0.15) is 5.52 Å². The Morgan fingerprint density at radius 1 is 1.41 bits per heavy atom. The Hall–Kier alpha value is -1.97. The lowest BCUT2D eigenvalue weighted by Crippen LogP contribution is -1.98. The Balaban J connectivity index is 1.84. The predicted molar refractivity (Wildman–Crippen MR) is 92.3 cm³/mol. The lowest BCUT2D eigenvalue weighted by molar-refractivity contribution is 0.858. The topological polar surface area (TPSA) is 61.6 Å². The van der Waals surface area contributed by atoms with Crippen LogP contribution >= 0.6 is 22.7 Å². The second-order valence-corrected chi connectivity index (χ2v) is 7.17. The maximum absolute atomic E-state index is 8.68. The first kappa shape index (κ1) is 14.9. The van der Waals surface area contributed by atoms with Gasteiger partial charge >= 0.3 is 0 Å². The van der Waals surface area contributed by atoms with Crippen LogP contribution < -0.4 is 5.32 Å². The molecule has 1 N–H and O–H groups in total. The van der Waals surface area contributed by atoms with Crippen LogP contribution in [0.15, 0.2) is 23.7 Å². The van der Waals surface area contributed by atoms with E-state index < -0.39 is 0 Å². The fraction of sp³-hybridized carbons (Fsp3) is 0.312. The standard InChI is InChI=1S/C16H16N4S2/c1-11-14(6-2-3-7-17)22-16-13(10-19-20-15(11)16)18-9-12-5-4-8-21-12/h4-5,8,10H,2-3,6,9H2,1H3,(H,18,20). The molecule has 6 heteroatoms. The number of unbranched alkanes of at least 4 members (excludes halogenated alkanes) is 1. The van der Waals surface area contributed by atoms with E-state index in [1.807, 2.05) is 0 Å². The predicted octanol–water partition coefficient (Wildman–Crippen LogP) is 4.52. The zero-order chi connectivity index (χ0) is 15.4. The fourth-order valence-electron chi connectivity index (χ4n) is 2.34. The summed E-state index contributed by atoms with van der Waals surface area (Å²) >= 11 is 3.51. The SMILES string of the molecule is Cc1c(CCCC#N)sc2c(NCc3cccs3)cnnc12. The summed E-state index contributed by atoms with van der Waals surface area (Å²) in [6.45, 7) is 2.90. The van der Waals surface area contributed by atoms with Gasteiger partial charge in [-0.25, -0.2) is 0 Å². The number of hydrogen-bond acceptors (Lipinski definition) is 6. The van der Waals surface area contributed by atoms with Crippen molar-refractivity contribution < 1.29 is 0 Å². The highest BCUT2D eigenvalue weighted by molar-refractivity contribution is 7.19. The first-order valence-electron chi connectivity index (χ1n) is 7.16. The maximum atomic E-state index is 8.68. The Bertz CT molecular complexity index is 800. The summed E-state index contributed by atoms with van der Waals surface area (Å²) in [5.74, 6) is 0. The lowest BCUT2D eigenvalue weighted by atomic mass is 10.1. The first-order valence-corrected chi connectivity index (χ1v) is 8.86. The number of aryl methyl sites for hydroxylation is 2. The molecule has 0 saturated heterocycles. The maximum Gasteiger partial charge on any atom is 0.109 e. The van der Waals surface area contributed by atoms with E-state index in [0.717, 1.165) is 35.3 Å². The van der Waals surface area contributed by atoms with Crippen molar-refractivity contribution in [1.82, 2.24) is 10.2 Å². The van der Waals surface area contributed by atoms with Crippen LogP contribution in [0.1, 0.15) is 28.2 Å². The van der Waals surface area contributed by atoms with E-state index in [2.05, 4.69) is 46.0 Å². The second-order valence-electron chi connectivity index (χ2n) is 5.03. The summed E-state index contributed by atoms with van der Waals surface area (Å²) in [6, 6.07) is 6.39. The summed E-state index contributed by atoms with van der Waals surface area (Å²) in [7, 11) is 0. The average molecular weight is 328 g/mol.